The largest absolute Gasteiger partial charge is 0.494 e. The van der Waals surface area contributed by atoms with Crippen LogP contribution in [0.25, 0.3) is 0 Å². The Morgan fingerprint density at radius 3 is 2.42 bits per heavy atom. The number of likely N-dealkylation sites (N-methyl/N-ethyl adjacent to an activating group) is 2. The van der Waals surface area contributed by atoms with Crippen LogP contribution in [-0.4, -0.2) is 68.2 Å². The summed E-state index contributed by atoms with van der Waals surface area (Å²) in [4.78, 5) is 25.5. The molecule has 1 aliphatic rings. The maximum absolute atomic E-state index is 12.3. The van der Waals surface area contributed by atoms with Gasteiger partial charge in [-0.3, -0.25) is 4.79 Å². The van der Waals surface area contributed by atoms with Crippen LogP contribution in [0.5, 0.6) is 5.75 Å². The molecule has 2 aromatic rings. The predicted octanol–water partition coefficient (Wildman–Crippen LogP) is 4.95. The van der Waals surface area contributed by atoms with Crippen molar-refractivity contribution in [2.75, 3.05) is 62.2 Å². The average Bonchev–Trinajstić information content (AvgIpc) is 3.06. The molecule has 1 amide bonds. The van der Waals surface area contributed by atoms with Crippen LogP contribution in [-0.2, 0) is 4.79 Å². The zero-order valence-electron chi connectivity index (χ0n) is 25.3. The second kappa shape index (κ2) is 12.6. The van der Waals surface area contributed by atoms with E-state index < -0.39 is 0 Å². The molecule has 0 spiro atoms. The molecular formula is C30H44N8O2. The van der Waals surface area contributed by atoms with Gasteiger partial charge in [0.25, 0.3) is 0 Å². The van der Waals surface area contributed by atoms with Gasteiger partial charge in [-0.25, -0.2) is 4.98 Å². The fourth-order valence-electron chi connectivity index (χ4n) is 5.40. The SMILES string of the molecule is C=CC(=O)Nc1cc(Nc2ncc(C#N)c(NC3C(C)C(C)C(C)(C)[C@@H]3C)n2)c(OC)cc1N(C)CCN(C)C. The number of benzene rings is 1. The number of aromatic nitrogens is 2. The quantitative estimate of drug-likeness (QED) is 0.335. The molecule has 0 bridgehead atoms. The maximum atomic E-state index is 12.3. The number of nitriles is 1. The van der Waals surface area contributed by atoms with Gasteiger partial charge >= 0.3 is 0 Å². The van der Waals surface area contributed by atoms with E-state index in [9.17, 15) is 10.1 Å². The standard InChI is InChI=1S/C30H44N8O2/c1-11-26(39)33-22-14-23(25(40-10)15-24(22)38(9)13-12-37(7)8)34-29-32-17-21(16-31)28(36-29)35-27-18(2)19(3)30(5,6)20(27)4/h11,14-15,17-20,27H,1,12-13H2,2-10H3,(H,33,39)(H2,32,34,35,36)/t18?,19?,20-,27?/m1/s1. The first-order chi connectivity index (χ1) is 18.8. The van der Waals surface area contributed by atoms with Crippen LogP contribution in [0.2, 0.25) is 0 Å². The summed E-state index contributed by atoms with van der Waals surface area (Å²) in [5, 5.41) is 19.5. The number of hydrogen-bond acceptors (Lipinski definition) is 9. The van der Waals surface area contributed by atoms with E-state index in [1.54, 1.807) is 13.2 Å². The van der Waals surface area contributed by atoms with E-state index in [1.807, 2.05) is 27.2 Å². The van der Waals surface area contributed by atoms with Crippen LogP contribution in [0, 0.1) is 34.5 Å². The van der Waals surface area contributed by atoms with Crippen molar-refractivity contribution in [1.82, 2.24) is 14.9 Å². The Balaban J connectivity index is 1.98. The minimum atomic E-state index is -0.323. The lowest BCUT2D eigenvalue weighted by Crippen LogP contribution is -2.31. The summed E-state index contributed by atoms with van der Waals surface area (Å²) in [6.07, 6.45) is 2.75. The van der Waals surface area contributed by atoms with Crippen molar-refractivity contribution in [3.05, 3.63) is 36.5 Å². The predicted molar refractivity (Wildman–Crippen MR) is 162 cm³/mol. The van der Waals surface area contributed by atoms with Gasteiger partial charge < -0.3 is 30.5 Å². The van der Waals surface area contributed by atoms with E-state index in [2.05, 4.69) is 78.0 Å². The molecule has 1 saturated carbocycles. The fraction of sp³-hybridized carbons (Fsp3) is 0.533. The van der Waals surface area contributed by atoms with E-state index in [-0.39, 0.29) is 17.4 Å². The minimum Gasteiger partial charge on any atom is -0.494 e. The summed E-state index contributed by atoms with van der Waals surface area (Å²) in [5.74, 6) is 2.32. The molecule has 0 aliphatic heterocycles. The summed E-state index contributed by atoms with van der Waals surface area (Å²) < 4.78 is 5.71. The van der Waals surface area contributed by atoms with Gasteiger partial charge in [-0.15, -0.1) is 0 Å². The van der Waals surface area contributed by atoms with Crippen molar-refractivity contribution in [1.29, 1.82) is 5.26 Å². The smallest absolute Gasteiger partial charge is 0.247 e. The van der Waals surface area contributed by atoms with Crippen molar-refractivity contribution in [2.45, 2.75) is 40.7 Å². The zero-order valence-corrected chi connectivity index (χ0v) is 25.3. The average molecular weight is 549 g/mol. The van der Waals surface area contributed by atoms with Gasteiger partial charge in [-0.2, -0.15) is 10.2 Å². The Morgan fingerprint density at radius 2 is 1.88 bits per heavy atom. The molecule has 10 heteroatoms. The monoisotopic (exact) mass is 548 g/mol. The molecule has 10 nitrogen and oxygen atoms in total. The topological polar surface area (TPSA) is 118 Å². The number of carbonyl (C=O) groups excluding carboxylic acids is 1. The van der Waals surface area contributed by atoms with Crippen LogP contribution in [0.15, 0.2) is 31.0 Å². The highest BCUT2D eigenvalue weighted by Gasteiger charge is 2.49. The maximum Gasteiger partial charge on any atom is 0.247 e. The van der Waals surface area contributed by atoms with Gasteiger partial charge in [0.05, 0.1) is 30.4 Å². The highest BCUT2D eigenvalue weighted by atomic mass is 16.5. The molecule has 4 atom stereocenters. The van der Waals surface area contributed by atoms with E-state index in [0.717, 1.165) is 18.8 Å². The van der Waals surface area contributed by atoms with Crippen molar-refractivity contribution >= 4 is 34.7 Å². The van der Waals surface area contributed by atoms with Gasteiger partial charge in [0.1, 0.15) is 23.2 Å². The number of rotatable bonds is 11. The third kappa shape index (κ3) is 6.48. The second-order valence-corrected chi connectivity index (χ2v) is 11.6. The van der Waals surface area contributed by atoms with E-state index in [0.29, 0.717) is 52.2 Å². The Hall–Kier alpha value is -3.84. The lowest BCUT2D eigenvalue weighted by molar-refractivity contribution is -0.111. The Kier molecular flexibility index (Phi) is 9.64. The Morgan fingerprint density at radius 1 is 1.18 bits per heavy atom. The molecule has 1 heterocycles. The first-order valence-electron chi connectivity index (χ1n) is 13.7. The van der Waals surface area contributed by atoms with Crippen LogP contribution in [0.3, 0.4) is 0 Å². The van der Waals surface area contributed by atoms with Crippen LogP contribution in [0.4, 0.5) is 28.8 Å². The number of ether oxygens (including phenoxy) is 1. The number of amides is 1. The molecule has 40 heavy (non-hydrogen) atoms. The van der Waals surface area contributed by atoms with E-state index in [4.69, 9.17) is 9.72 Å². The van der Waals surface area contributed by atoms with Gasteiger partial charge in [0.15, 0.2) is 0 Å². The fourth-order valence-corrected chi connectivity index (χ4v) is 5.40. The molecule has 0 saturated heterocycles. The van der Waals surface area contributed by atoms with Gasteiger partial charge in [0.2, 0.25) is 11.9 Å². The second-order valence-electron chi connectivity index (χ2n) is 11.6. The number of nitrogens with zero attached hydrogens (tertiary/aromatic N) is 5. The highest BCUT2D eigenvalue weighted by Crippen LogP contribution is 2.51. The van der Waals surface area contributed by atoms with E-state index in [1.165, 1.54) is 12.3 Å². The van der Waals surface area contributed by atoms with E-state index >= 15 is 0 Å². The zero-order chi connectivity index (χ0) is 29.8. The molecule has 3 rings (SSSR count). The molecule has 1 aliphatic carbocycles. The first-order valence-corrected chi connectivity index (χ1v) is 13.7. The molecule has 1 aromatic carbocycles. The molecule has 1 aromatic heterocycles. The van der Waals surface area contributed by atoms with Crippen molar-refractivity contribution in [3.8, 4) is 11.8 Å². The summed E-state index contributed by atoms with van der Waals surface area (Å²) >= 11 is 0. The summed E-state index contributed by atoms with van der Waals surface area (Å²) in [6, 6.07) is 6.03. The van der Waals surface area contributed by atoms with Gasteiger partial charge in [-0.05, 0) is 49.4 Å². The number of nitrogens with one attached hydrogen (secondary N) is 3. The lowest BCUT2D eigenvalue weighted by Gasteiger charge is -2.30. The van der Waals surface area contributed by atoms with Gasteiger partial charge in [-0.1, -0.05) is 41.2 Å². The van der Waals surface area contributed by atoms with Crippen molar-refractivity contribution < 1.29 is 9.53 Å². The number of hydrogen-bond donors (Lipinski definition) is 3. The van der Waals surface area contributed by atoms with Crippen molar-refractivity contribution in [3.63, 3.8) is 0 Å². The minimum absolute atomic E-state index is 0.152. The summed E-state index contributed by atoms with van der Waals surface area (Å²) in [5.41, 5.74) is 2.49. The first kappa shape index (κ1) is 30.7. The molecule has 1 fully saturated rings. The van der Waals surface area contributed by atoms with Gasteiger partial charge in [0, 0.05) is 32.2 Å². The molecule has 216 valence electrons. The molecule has 3 unspecified atom stereocenters. The molecule has 3 N–H and O–H groups in total. The normalized spacial score (nSPS) is 21.4. The third-order valence-electron chi connectivity index (χ3n) is 8.75. The van der Waals surface area contributed by atoms with Crippen LogP contribution >= 0.6 is 0 Å². The Bertz CT molecular complexity index is 1270. The summed E-state index contributed by atoms with van der Waals surface area (Å²) in [7, 11) is 7.57. The van der Waals surface area contributed by atoms with Crippen LogP contribution in [0.1, 0.15) is 40.2 Å². The molecular weight excluding hydrogens is 504 g/mol. The summed E-state index contributed by atoms with van der Waals surface area (Å²) in [6.45, 7) is 16.5. The van der Waals surface area contributed by atoms with Crippen LogP contribution < -0.4 is 25.6 Å². The third-order valence-corrected chi connectivity index (χ3v) is 8.75. The van der Waals surface area contributed by atoms with Crippen molar-refractivity contribution in [2.24, 2.45) is 23.2 Å². The number of methoxy groups -OCH3 is 1. The highest BCUT2D eigenvalue weighted by molar-refractivity contribution is 6.02. The number of carbonyl (C=O) groups is 1. The molecule has 0 radical (unpaired) electrons. The Labute approximate surface area is 238 Å². The lowest BCUT2D eigenvalue weighted by atomic mass is 9.76. The number of anilines is 5.